The smallest absolute Gasteiger partial charge is 0.227 e. The van der Waals surface area contributed by atoms with Crippen LogP contribution in [-0.4, -0.2) is 24.5 Å². The average Bonchev–Trinajstić information content (AvgIpc) is 4.01. The number of aromatic nitrogens is 5. The van der Waals surface area contributed by atoms with E-state index >= 15 is 0 Å². The van der Waals surface area contributed by atoms with Gasteiger partial charge >= 0.3 is 0 Å². The summed E-state index contributed by atoms with van der Waals surface area (Å²) in [6, 6.07) is 65.2. The molecule has 0 aliphatic rings. The topological polar surface area (TPSA) is 69.6 Å². The molecule has 0 unspecified atom stereocenters. The highest BCUT2D eigenvalue weighted by Crippen LogP contribution is 2.42. The maximum absolute atomic E-state index is 6.43. The van der Waals surface area contributed by atoms with Crippen molar-refractivity contribution in [3.63, 3.8) is 0 Å². The number of hydrogen-bond donors (Lipinski definition) is 0. The average molecular weight is 774 g/mol. The quantitative estimate of drug-likeness (QED) is 0.168. The molecule has 0 saturated carbocycles. The van der Waals surface area contributed by atoms with Crippen LogP contribution in [0, 0.1) is 0 Å². The molecular weight excluding hydrogens is 743 g/mol. The fraction of sp³-hybridized carbons (Fsp3) is 0. The van der Waals surface area contributed by atoms with E-state index < -0.39 is 0 Å². The first-order valence-electron chi connectivity index (χ1n) is 19.5. The minimum atomic E-state index is 0.545. The Labute approximate surface area is 342 Å². The summed E-state index contributed by atoms with van der Waals surface area (Å²) in [5.74, 6) is 2.34. The lowest BCUT2D eigenvalue weighted by molar-refractivity contribution is 0.620. The van der Waals surface area contributed by atoms with E-state index in [1.54, 1.807) is 0 Å². The van der Waals surface area contributed by atoms with Crippen molar-refractivity contribution >= 4 is 64.4 Å². The molecule has 7 heteroatoms. The van der Waals surface area contributed by atoms with Crippen molar-refractivity contribution in [1.82, 2.24) is 24.5 Å². The Morgan fingerprint density at radius 2 is 1.03 bits per heavy atom. The molecule has 4 aromatic heterocycles. The maximum Gasteiger partial charge on any atom is 0.227 e. The van der Waals surface area contributed by atoms with E-state index in [0.29, 0.717) is 28.9 Å². The van der Waals surface area contributed by atoms with Crippen LogP contribution in [0.5, 0.6) is 0 Å². The van der Waals surface area contributed by atoms with Crippen molar-refractivity contribution in [2.75, 3.05) is 0 Å². The Morgan fingerprint density at radius 1 is 0.407 bits per heavy atom. The van der Waals surface area contributed by atoms with Crippen molar-refractivity contribution in [3.05, 3.63) is 188 Å². The van der Waals surface area contributed by atoms with Gasteiger partial charge < -0.3 is 8.98 Å². The fourth-order valence-corrected chi connectivity index (χ4v) is 9.54. The first-order valence-corrected chi connectivity index (χ1v) is 20.4. The van der Waals surface area contributed by atoms with Crippen LogP contribution in [0.3, 0.4) is 0 Å². The number of fused-ring (bicyclic) bond motifs is 7. The van der Waals surface area contributed by atoms with Gasteiger partial charge in [0.15, 0.2) is 23.1 Å². The van der Waals surface area contributed by atoms with Gasteiger partial charge in [0.1, 0.15) is 5.52 Å². The van der Waals surface area contributed by atoms with Crippen LogP contribution in [0.15, 0.2) is 192 Å². The number of hydrogen-bond acceptors (Lipinski definition) is 6. The summed E-state index contributed by atoms with van der Waals surface area (Å²) in [6.45, 7) is 0. The van der Waals surface area contributed by atoms with Gasteiger partial charge in [-0.2, -0.15) is 0 Å². The molecule has 0 amide bonds. The van der Waals surface area contributed by atoms with Gasteiger partial charge in [0.2, 0.25) is 5.89 Å². The van der Waals surface area contributed by atoms with E-state index in [-0.39, 0.29) is 0 Å². The van der Waals surface area contributed by atoms with Crippen LogP contribution < -0.4 is 0 Å². The maximum atomic E-state index is 6.43. The van der Waals surface area contributed by atoms with Crippen molar-refractivity contribution in [2.45, 2.75) is 0 Å². The van der Waals surface area contributed by atoms with E-state index in [1.807, 2.05) is 90.2 Å². The summed E-state index contributed by atoms with van der Waals surface area (Å²) in [5, 5.41) is 5.03. The zero-order valence-electron chi connectivity index (χ0n) is 31.5. The van der Waals surface area contributed by atoms with E-state index in [0.717, 1.165) is 44.5 Å². The van der Waals surface area contributed by atoms with Crippen LogP contribution in [0.25, 0.3) is 116 Å². The molecule has 0 radical (unpaired) electrons. The minimum absolute atomic E-state index is 0.545. The number of thiophene rings is 1. The van der Waals surface area contributed by atoms with Gasteiger partial charge in [-0.3, -0.25) is 0 Å². The van der Waals surface area contributed by atoms with Gasteiger partial charge in [-0.1, -0.05) is 127 Å². The predicted molar refractivity (Wildman–Crippen MR) is 242 cm³/mol. The van der Waals surface area contributed by atoms with Crippen molar-refractivity contribution < 1.29 is 4.42 Å². The molecule has 0 aliphatic carbocycles. The second kappa shape index (κ2) is 13.4. The third kappa shape index (κ3) is 5.62. The second-order valence-corrected chi connectivity index (χ2v) is 15.7. The molecule has 4 heterocycles. The predicted octanol–water partition coefficient (Wildman–Crippen LogP) is 13.8. The van der Waals surface area contributed by atoms with Gasteiger partial charge in [-0.05, 0) is 71.8 Å². The zero-order valence-corrected chi connectivity index (χ0v) is 32.3. The lowest BCUT2D eigenvalue weighted by Gasteiger charge is -2.10. The van der Waals surface area contributed by atoms with E-state index in [1.165, 1.54) is 42.1 Å². The molecule has 0 atom stereocenters. The molecule has 6 nitrogen and oxygen atoms in total. The molecule has 0 aliphatic heterocycles. The Morgan fingerprint density at radius 3 is 1.83 bits per heavy atom. The molecule has 0 spiro atoms. The monoisotopic (exact) mass is 773 g/mol. The highest BCUT2D eigenvalue weighted by Gasteiger charge is 2.18. The molecule has 12 rings (SSSR count). The largest absolute Gasteiger partial charge is 0.436 e. The Bertz CT molecular complexity index is 3510. The lowest BCUT2D eigenvalue weighted by atomic mass is 10.0. The van der Waals surface area contributed by atoms with Crippen LogP contribution in [0.2, 0.25) is 0 Å². The third-order valence-corrected chi connectivity index (χ3v) is 12.3. The van der Waals surface area contributed by atoms with Crippen LogP contribution in [0.4, 0.5) is 0 Å². The molecule has 0 bridgehead atoms. The second-order valence-electron chi connectivity index (χ2n) is 14.7. The summed E-state index contributed by atoms with van der Waals surface area (Å²) in [6.07, 6.45) is 0. The molecule has 0 N–H and O–H groups in total. The summed E-state index contributed by atoms with van der Waals surface area (Å²) in [5.41, 5.74) is 10.8. The molecule has 8 aromatic carbocycles. The highest BCUT2D eigenvalue weighted by atomic mass is 32.1. The molecule has 0 saturated heterocycles. The number of nitrogens with zero attached hydrogens (tertiary/aromatic N) is 5. The van der Waals surface area contributed by atoms with Crippen LogP contribution in [-0.2, 0) is 0 Å². The van der Waals surface area contributed by atoms with Gasteiger partial charge in [-0.25, -0.2) is 19.9 Å². The third-order valence-electron chi connectivity index (χ3n) is 11.1. The Kier molecular flexibility index (Phi) is 7.61. The van der Waals surface area contributed by atoms with E-state index in [4.69, 9.17) is 24.4 Å². The van der Waals surface area contributed by atoms with Crippen molar-refractivity contribution in [1.29, 1.82) is 0 Å². The normalized spacial score (nSPS) is 11.7. The van der Waals surface area contributed by atoms with Crippen LogP contribution in [0.1, 0.15) is 0 Å². The number of oxazole rings is 1. The molecule has 59 heavy (non-hydrogen) atoms. The van der Waals surface area contributed by atoms with Crippen molar-refractivity contribution in [2.24, 2.45) is 0 Å². The number of rotatable bonds is 6. The standard InChI is InChI=1S/C52H31N5OS/c1-3-13-32(14-4-1)49-54-50(33-15-5-2-6-16-33)56-51(55-49)35-26-28-46-43(31-35)53-52(58-46)36-17-11-18-37(29-36)57-44-23-9-7-19-39(44)42-30-34(25-27-45(42)57)38-21-12-22-41-40-20-8-10-24-47(40)59-48(38)41/h1-31H. The zero-order chi connectivity index (χ0) is 38.9. The summed E-state index contributed by atoms with van der Waals surface area (Å²) < 4.78 is 11.4. The molecule has 0 fully saturated rings. The molecular formula is C52H31N5OS. The van der Waals surface area contributed by atoms with E-state index in [2.05, 4.69) is 114 Å². The number of benzene rings is 8. The van der Waals surface area contributed by atoms with Gasteiger partial charge in [0.25, 0.3) is 0 Å². The minimum Gasteiger partial charge on any atom is -0.436 e. The van der Waals surface area contributed by atoms with Gasteiger partial charge in [0.05, 0.1) is 11.0 Å². The summed E-state index contributed by atoms with van der Waals surface area (Å²) in [7, 11) is 0. The summed E-state index contributed by atoms with van der Waals surface area (Å²) in [4.78, 5) is 19.7. The first kappa shape index (κ1) is 33.4. The fourth-order valence-electron chi connectivity index (χ4n) is 8.30. The highest BCUT2D eigenvalue weighted by molar-refractivity contribution is 7.26. The van der Waals surface area contributed by atoms with E-state index in [9.17, 15) is 0 Å². The van der Waals surface area contributed by atoms with Gasteiger partial charge in [0, 0.05) is 58.9 Å². The number of para-hydroxylation sites is 1. The Hall–Kier alpha value is -7.74. The summed E-state index contributed by atoms with van der Waals surface area (Å²) >= 11 is 1.87. The van der Waals surface area contributed by atoms with Crippen LogP contribution >= 0.6 is 11.3 Å². The first-order chi connectivity index (χ1) is 29.2. The SMILES string of the molecule is c1ccc(-c2nc(-c3ccccc3)nc(-c3ccc4oc(-c5cccc(-n6c7ccccc7c7cc(-c8cccc9c8sc8ccccc89)ccc76)c5)nc4c3)n2)cc1. The molecule has 12 aromatic rings. The van der Waals surface area contributed by atoms with Gasteiger partial charge in [-0.15, -0.1) is 11.3 Å². The Balaban J connectivity index is 0.939. The van der Waals surface area contributed by atoms with Crippen molar-refractivity contribution in [3.8, 4) is 62.4 Å². The molecule has 276 valence electrons. The lowest BCUT2D eigenvalue weighted by Crippen LogP contribution is -2.00.